The van der Waals surface area contributed by atoms with Crippen LogP contribution in [-0.4, -0.2) is 52.8 Å². The zero-order valence-corrected chi connectivity index (χ0v) is 17.9. The summed E-state index contributed by atoms with van der Waals surface area (Å²) >= 11 is 1.47. The number of hydrogen-bond donors (Lipinski definition) is 1. The van der Waals surface area contributed by atoms with Crippen molar-refractivity contribution in [2.24, 2.45) is 0 Å². The third kappa shape index (κ3) is 5.36. The van der Waals surface area contributed by atoms with Gasteiger partial charge in [-0.2, -0.15) is 0 Å². The molecule has 4 rings (SSSR count). The molecule has 2 aromatic carbocycles. The fourth-order valence-corrected chi connectivity index (χ4v) is 4.32. The lowest BCUT2D eigenvalue weighted by Gasteiger charge is -2.25. The Labute approximate surface area is 181 Å². The monoisotopic (exact) mass is 422 g/mol. The number of carbonyl (C=O) groups excluding carboxylic acids is 1. The van der Waals surface area contributed by atoms with Crippen LogP contribution in [0.5, 0.6) is 0 Å². The molecule has 0 saturated carbocycles. The molecule has 1 saturated heterocycles. The molecule has 7 heteroatoms. The second-order valence-electron chi connectivity index (χ2n) is 7.34. The molecule has 156 valence electrons. The summed E-state index contributed by atoms with van der Waals surface area (Å²) in [5, 5.41) is 4.91. The molecule has 6 nitrogen and oxygen atoms in total. The summed E-state index contributed by atoms with van der Waals surface area (Å²) in [6, 6.07) is 17.9. The number of nitrogens with one attached hydrogen (secondary N) is 1. The molecule has 1 atom stereocenters. The van der Waals surface area contributed by atoms with Gasteiger partial charge < -0.3 is 10.1 Å². The highest BCUT2D eigenvalue weighted by atomic mass is 32.2. The van der Waals surface area contributed by atoms with Gasteiger partial charge in [-0.05, 0) is 18.6 Å². The SMILES string of the molecule is C[C@@H](NC(=O)CSc1nc(CN2CCOCC2)nc2ccccc12)c1ccccc1. The van der Waals surface area contributed by atoms with Gasteiger partial charge in [-0.25, -0.2) is 9.97 Å². The molecule has 3 aromatic rings. The van der Waals surface area contributed by atoms with Crippen LogP contribution >= 0.6 is 11.8 Å². The Bertz CT molecular complexity index is 993. The molecule has 1 aliphatic rings. The van der Waals surface area contributed by atoms with Crippen LogP contribution in [0.1, 0.15) is 24.4 Å². The number of ether oxygens (including phenoxy) is 1. The van der Waals surface area contributed by atoms with Crippen molar-refractivity contribution in [3.8, 4) is 0 Å². The first kappa shape index (κ1) is 20.8. The van der Waals surface area contributed by atoms with Gasteiger partial charge in [0.15, 0.2) is 0 Å². The van der Waals surface area contributed by atoms with Gasteiger partial charge in [0.2, 0.25) is 5.91 Å². The highest BCUT2D eigenvalue weighted by Gasteiger charge is 2.16. The summed E-state index contributed by atoms with van der Waals surface area (Å²) in [7, 11) is 0. The Morgan fingerprint density at radius 1 is 1.10 bits per heavy atom. The molecule has 1 aromatic heterocycles. The normalized spacial score (nSPS) is 15.8. The third-order valence-corrected chi connectivity index (χ3v) is 6.09. The number of amides is 1. The van der Waals surface area contributed by atoms with E-state index in [2.05, 4.69) is 10.2 Å². The van der Waals surface area contributed by atoms with Crippen LogP contribution < -0.4 is 5.32 Å². The summed E-state index contributed by atoms with van der Waals surface area (Å²) in [5.74, 6) is 1.10. The number of carbonyl (C=O) groups is 1. The molecular formula is C23H26N4O2S. The van der Waals surface area contributed by atoms with Crippen molar-refractivity contribution in [1.82, 2.24) is 20.2 Å². The number of rotatable bonds is 7. The fourth-order valence-electron chi connectivity index (χ4n) is 3.48. The average molecular weight is 423 g/mol. The molecule has 0 radical (unpaired) electrons. The Morgan fingerprint density at radius 2 is 1.83 bits per heavy atom. The van der Waals surface area contributed by atoms with Gasteiger partial charge in [0, 0.05) is 18.5 Å². The van der Waals surface area contributed by atoms with Crippen molar-refractivity contribution < 1.29 is 9.53 Å². The van der Waals surface area contributed by atoms with Crippen LogP contribution in [0.15, 0.2) is 59.6 Å². The molecule has 0 unspecified atom stereocenters. The van der Waals surface area contributed by atoms with E-state index in [1.807, 2.05) is 61.5 Å². The lowest BCUT2D eigenvalue weighted by molar-refractivity contribution is -0.119. The van der Waals surface area contributed by atoms with E-state index in [0.717, 1.165) is 53.6 Å². The molecule has 0 aliphatic carbocycles. The Balaban J connectivity index is 1.45. The van der Waals surface area contributed by atoms with Crippen LogP contribution in [-0.2, 0) is 16.1 Å². The predicted molar refractivity (Wildman–Crippen MR) is 119 cm³/mol. The quantitative estimate of drug-likeness (QED) is 0.465. The van der Waals surface area contributed by atoms with Crippen molar-refractivity contribution in [3.05, 3.63) is 66.0 Å². The number of thioether (sulfide) groups is 1. The van der Waals surface area contributed by atoms with Gasteiger partial charge in [0.25, 0.3) is 0 Å². The average Bonchev–Trinajstić information content (AvgIpc) is 2.78. The van der Waals surface area contributed by atoms with Gasteiger partial charge in [0.05, 0.1) is 37.1 Å². The number of fused-ring (bicyclic) bond motifs is 1. The largest absolute Gasteiger partial charge is 0.379 e. The second kappa shape index (κ2) is 10.0. The van der Waals surface area contributed by atoms with Gasteiger partial charge in [0.1, 0.15) is 10.9 Å². The first-order valence-electron chi connectivity index (χ1n) is 10.2. The minimum absolute atomic E-state index is 0.00576. The predicted octanol–water partition coefficient (Wildman–Crippen LogP) is 3.43. The van der Waals surface area contributed by atoms with Crippen LogP contribution in [0.4, 0.5) is 0 Å². The number of hydrogen-bond acceptors (Lipinski definition) is 6. The molecule has 1 amide bonds. The van der Waals surface area contributed by atoms with Crippen molar-refractivity contribution in [2.75, 3.05) is 32.1 Å². The zero-order valence-electron chi connectivity index (χ0n) is 17.1. The molecule has 1 aliphatic heterocycles. The summed E-state index contributed by atoms with van der Waals surface area (Å²) < 4.78 is 5.43. The van der Waals surface area contributed by atoms with Crippen molar-refractivity contribution >= 4 is 28.6 Å². The minimum Gasteiger partial charge on any atom is -0.379 e. The maximum atomic E-state index is 12.5. The van der Waals surface area contributed by atoms with Crippen molar-refractivity contribution in [2.45, 2.75) is 24.5 Å². The fraction of sp³-hybridized carbons (Fsp3) is 0.348. The molecular weight excluding hydrogens is 396 g/mol. The van der Waals surface area contributed by atoms with Crippen LogP contribution in [0.2, 0.25) is 0 Å². The zero-order chi connectivity index (χ0) is 20.8. The molecule has 1 N–H and O–H groups in total. The van der Waals surface area contributed by atoms with Gasteiger partial charge in [-0.1, -0.05) is 60.3 Å². The summed E-state index contributed by atoms with van der Waals surface area (Å²) in [6.45, 7) is 5.96. The first-order chi connectivity index (χ1) is 14.7. The van der Waals surface area contributed by atoms with Gasteiger partial charge in [-0.15, -0.1) is 0 Å². The first-order valence-corrected chi connectivity index (χ1v) is 11.2. The Kier molecular flexibility index (Phi) is 6.94. The Morgan fingerprint density at radius 3 is 2.63 bits per heavy atom. The van der Waals surface area contributed by atoms with E-state index in [4.69, 9.17) is 14.7 Å². The third-order valence-electron chi connectivity index (χ3n) is 5.10. The molecule has 0 bridgehead atoms. The van der Waals surface area contributed by atoms with Crippen molar-refractivity contribution in [1.29, 1.82) is 0 Å². The van der Waals surface area contributed by atoms with Crippen LogP contribution in [0.3, 0.4) is 0 Å². The van der Waals surface area contributed by atoms with E-state index < -0.39 is 0 Å². The second-order valence-corrected chi connectivity index (χ2v) is 8.30. The van der Waals surface area contributed by atoms with Gasteiger partial charge >= 0.3 is 0 Å². The Hall–Kier alpha value is -2.48. The van der Waals surface area contributed by atoms with E-state index in [0.29, 0.717) is 12.3 Å². The highest BCUT2D eigenvalue weighted by molar-refractivity contribution is 8.00. The number of nitrogens with zero attached hydrogens (tertiary/aromatic N) is 3. The number of aromatic nitrogens is 2. The number of benzene rings is 2. The maximum absolute atomic E-state index is 12.5. The molecule has 2 heterocycles. The summed E-state index contributed by atoms with van der Waals surface area (Å²) in [6.07, 6.45) is 0. The topological polar surface area (TPSA) is 67.4 Å². The number of morpholine rings is 1. The van der Waals surface area contributed by atoms with Crippen LogP contribution in [0.25, 0.3) is 10.9 Å². The molecule has 30 heavy (non-hydrogen) atoms. The van der Waals surface area contributed by atoms with E-state index in [1.165, 1.54) is 11.8 Å². The lowest BCUT2D eigenvalue weighted by Crippen LogP contribution is -2.36. The van der Waals surface area contributed by atoms with E-state index in [9.17, 15) is 4.79 Å². The van der Waals surface area contributed by atoms with E-state index >= 15 is 0 Å². The highest BCUT2D eigenvalue weighted by Crippen LogP contribution is 2.26. The standard InChI is InChI=1S/C23H26N4O2S/c1-17(18-7-3-2-4-8-18)24-22(28)16-30-23-19-9-5-6-10-20(19)25-21(26-23)15-27-11-13-29-14-12-27/h2-10,17H,11-16H2,1H3,(H,24,28)/t17-/m1/s1. The number of para-hydroxylation sites is 1. The summed E-state index contributed by atoms with van der Waals surface area (Å²) in [4.78, 5) is 24.4. The molecule has 0 spiro atoms. The minimum atomic E-state index is -0.0293. The van der Waals surface area contributed by atoms with Gasteiger partial charge in [-0.3, -0.25) is 9.69 Å². The van der Waals surface area contributed by atoms with Crippen molar-refractivity contribution in [3.63, 3.8) is 0 Å². The maximum Gasteiger partial charge on any atom is 0.230 e. The van der Waals surface area contributed by atoms with Crippen LogP contribution in [0, 0.1) is 0 Å². The van der Waals surface area contributed by atoms with E-state index in [1.54, 1.807) is 0 Å². The summed E-state index contributed by atoms with van der Waals surface area (Å²) in [5.41, 5.74) is 2.01. The van der Waals surface area contributed by atoms with E-state index in [-0.39, 0.29) is 11.9 Å². The smallest absolute Gasteiger partial charge is 0.230 e. The molecule has 1 fully saturated rings. The lowest BCUT2D eigenvalue weighted by atomic mass is 10.1.